The van der Waals surface area contributed by atoms with Crippen molar-refractivity contribution in [1.82, 2.24) is 14.9 Å². The van der Waals surface area contributed by atoms with Crippen molar-refractivity contribution in [3.8, 4) is 0 Å². The number of allylic oxidation sites excluding steroid dienone is 1. The zero-order valence-corrected chi connectivity index (χ0v) is 12.7. The summed E-state index contributed by atoms with van der Waals surface area (Å²) in [5.41, 5.74) is 8.21. The Morgan fingerprint density at radius 2 is 1.91 bits per heavy atom. The Labute approximate surface area is 129 Å². The van der Waals surface area contributed by atoms with Gasteiger partial charge in [-0.25, -0.2) is 4.98 Å². The van der Waals surface area contributed by atoms with Crippen LogP contribution >= 0.6 is 0 Å². The predicted octanol–water partition coefficient (Wildman–Crippen LogP) is 3.61. The number of benzene rings is 2. The largest absolute Gasteiger partial charge is 0.362 e. The van der Waals surface area contributed by atoms with E-state index in [-0.39, 0.29) is 0 Å². The minimum Gasteiger partial charge on any atom is -0.362 e. The molecule has 0 unspecified atom stereocenters. The Morgan fingerprint density at radius 3 is 2.64 bits per heavy atom. The maximum atomic E-state index is 4.43. The number of aryl methyl sites for hydroxylation is 2. The summed E-state index contributed by atoms with van der Waals surface area (Å²) in [6.45, 7) is 2.10. The van der Waals surface area contributed by atoms with Crippen LogP contribution in [-0.2, 0) is 13.5 Å². The highest BCUT2D eigenvalue weighted by Gasteiger charge is 2.08. The first-order valence-electron chi connectivity index (χ1n) is 7.42. The summed E-state index contributed by atoms with van der Waals surface area (Å²) in [7, 11) is 2.02. The summed E-state index contributed by atoms with van der Waals surface area (Å²) in [5.74, 6) is 0. The molecule has 0 saturated heterocycles. The molecule has 4 heteroatoms. The van der Waals surface area contributed by atoms with Crippen LogP contribution in [0, 0.1) is 6.92 Å². The quantitative estimate of drug-likeness (QED) is 0.771. The fourth-order valence-corrected chi connectivity index (χ4v) is 2.72. The molecule has 0 radical (unpaired) electrons. The number of hydrogen-bond acceptors (Lipinski definition) is 3. The lowest BCUT2D eigenvalue weighted by molar-refractivity contribution is 0.948. The fraction of sp³-hybridized carbons (Fsp3) is 0.167. The summed E-state index contributed by atoms with van der Waals surface area (Å²) < 4.78 is 2.05. The minimum atomic E-state index is 0.986. The van der Waals surface area contributed by atoms with E-state index in [1.165, 1.54) is 16.8 Å². The molecule has 2 N–H and O–H groups in total. The molecule has 0 bridgehead atoms. The number of aromatic nitrogens is 2. The van der Waals surface area contributed by atoms with Crippen LogP contribution in [-0.4, -0.2) is 9.55 Å². The van der Waals surface area contributed by atoms with Gasteiger partial charge in [0.2, 0.25) is 0 Å². The number of rotatable bonds is 4. The molecule has 1 aliphatic heterocycles. The summed E-state index contributed by atoms with van der Waals surface area (Å²) in [6, 6.07) is 12.9. The van der Waals surface area contributed by atoms with Crippen molar-refractivity contribution in [2.45, 2.75) is 13.3 Å². The van der Waals surface area contributed by atoms with Crippen molar-refractivity contribution in [3.63, 3.8) is 0 Å². The topological polar surface area (TPSA) is 51.8 Å². The first-order chi connectivity index (χ1) is 10.7. The van der Waals surface area contributed by atoms with E-state index in [4.69, 9.17) is 0 Å². The highest BCUT2D eigenvalue weighted by Crippen LogP contribution is 2.25. The van der Waals surface area contributed by atoms with E-state index < -0.39 is 0 Å². The van der Waals surface area contributed by atoms with Gasteiger partial charge in [-0.2, -0.15) is 0 Å². The van der Waals surface area contributed by atoms with E-state index in [1.807, 2.05) is 24.1 Å². The maximum absolute atomic E-state index is 4.43. The van der Waals surface area contributed by atoms with E-state index in [0.717, 1.165) is 28.8 Å². The highest BCUT2D eigenvalue weighted by atomic mass is 15.0. The van der Waals surface area contributed by atoms with Gasteiger partial charge in [-0.15, -0.1) is 0 Å². The van der Waals surface area contributed by atoms with E-state index >= 15 is 0 Å². The first-order valence-corrected chi connectivity index (χ1v) is 7.42. The third kappa shape index (κ3) is 2.44. The van der Waals surface area contributed by atoms with Crippen LogP contribution in [0.25, 0.3) is 11.0 Å². The lowest BCUT2D eigenvalue weighted by atomic mass is 10.1. The van der Waals surface area contributed by atoms with Crippen LogP contribution in [0.1, 0.15) is 11.1 Å². The average molecular weight is 290 g/mol. The molecule has 110 valence electrons. The van der Waals surface area contributed by atoms with Gasteiger partial charge in [-0.05, 0) is 42.3 Å². The van der Waals surface area contributed by atoms with E-state index in [0.29, 0.717) is 0 Å². The number of imidazole rings is 1. The van der Waals surface area contributed by atoms with Crippen molar-refractivity contribution in [3.05, 3.63) is 65.7 Å². The second kappa shape index (κ2) is 4.91. The third-order valence-corrected chi connectivity index (χ3v) is 4.01. The highest BCUT2D eigenvalue weighted by molar-refractivity contribution is 5.84. The maximum Gasteiger partial charge on any atom is 0.0955 e. The number of anilines is 2. The van der Waals surface area contributed by atoms with Gasteiger partial charge in [-0.1, -0.05) is 12.1 Å². The number of nitrogens with zero attached hydrogens (tertiary/aromatic N) is 2. The van der Waals surface area contributed by atoms with Gasteiger partial charge in [0.1, 0.15) is 0 Å². The monoisotopic (exact) mass is 290 g/mol. The molecule has 1 aliphatic rings. The van der Waals surface area contributed by atoms with Gasteiger partial charge < -0.3 is 15.2 Å². The Kier molecular flexibility index (Phi) is 2.89. The Morgan fingerprint density at radius 1 is 1.14 bits per heavy atom. The fourth-order valence-electron chi connectivity index (χ4n) is 2.72. The minimum absolute atomic E-state index is 0.986. The van der Waals surface area contributed by atoms with Crippen LogP contribution in [0.15, 0.2) is 54.6 Å². The molecule has 2 heterocycles. The first kappa shape index (κ1) is 13.0. The van der Waals surface area contributed by atoms with Crippen molar-refractivity contribution in [2.24, 2.45) is 7.05 Å². The molecule has 4 rings (SSSR count). The van der Waals surface area contributed by atoms with E-state index in [2.05, 4.69) is 58.9 Å². The third-order valence-electron chi connectivity index (χ3n) is 4.01. The molecule has 4 nitrogen and oxygen atoms in total. The molecular formula is C18H18N4. The molecule has 1 aromatic heterocycles. The van der Waals surface area contributed by atoms with Crippen molar-refractivity contribution in [2.75, 3.05) is 5.32 Å². The lowest BCUT2D eigenvalue weighted by Crippen LogP contribution is -1.94. The summed E-state index contributed by atoms with van der Waals surface area (Å²) in [6.07, 6.45) is 4.88. The Bertz CT molecular complexity index is 872. The van der Waals surface area contributed by atoms with Crippen molar-refractivity contribution >= 4 is 22.4 Å². The zero-order valence-electron chi connectivity index (χ0n) is 12.7. The molecular weight excluding hydrogens is 272 g/mol. The normalized spacial score (nSPS) is 12.9. The van der Waals surface area contributed by atoms with Crippen LogP contribution in [0.3, 0.4) is 0 Å². The molecule has 2 aromatic carbocycles. The van der Waals surface area contributed by atoms with Crippen LogP contribution in [0.4, 0.5) is 11.4 Å². The van der Waals surface area contributed by atoms with E-state index in [1.54, 1.807) is 0 Å². The van der Waals surface area contributed by atoms with Gasteiger partial charge >= 0.3 is 0 Å². The van der Waals surface area contributed by atoms with Crippen LogP contribution < -0.4 is 10.6 Å². The van der Waals surface area contributed by atoms with Crippen LogP contribution in [0.5, 0.6) is 0 Å². The SMILES string of the molecule is Cc1cc(Nc2ccc(CC3=CN3)cc2)cc2c1ncn2C. The second-order valence-corrected chi connectivity index (χ2v) is 5.83. The summed E-state index contributed by atoms with van der Waals surface area (Å²) in [4.78, 5) is 4.43. The molecule has 0 spiro atoms. The average Bonchev–Trinajstić information content (AvgIpc) is 3.24. The zero-order chi connectivity index (χ0) is 15.1. The van der Waals surface area contributed by atoms with Crippen molar-refractivity contribution in [1.29, 1.82) is 0 Å². The molecule has 0 amide bonds. The van der Waals surface area contributed by atoms with E-state index in [9.17, 15) is 0 Å². The number of nitrogens with one attached hydrogen (secondary N) is 2. The van der Waals surface area contributed by atoms with Crippen LogP contribution in [0.2, 0.25) is 0 Å². The standard InChI is InChI=1S/C18H18N4/c1-12-7-15(9-17-18(12)20-11-22(17)2)21-14-5-3-13(4-6-14)8-16-10-19-16/h3-7,9-11,19,21H,8H2,1-2H3. The van der Waals surface area contributed by atoms with Gasteiger partial charge in [0.05, 0.1) is 17.4 Å². The Hall–Kier alpha value is -2.75. The van der Waals surface area contributed by atoms with Gasteiger partial charge in [-0.3, -0.25) is 0 Å². The molecule has 0 atom stereocenters. The number of fused-ring (bicyclic) bond motifs is 1. The summed E-state index contributed by atoms with van der Waals surface area (Å²) in [5, 5.41) is 6.61. The van der Waals surface area contributed by atoms with Gasteiger partial charge in [0.15, 0.2) is 0 Å². The molecule has 3 aromatic rings. The lowest BCUT2D eigenvalue weighted by Gasteiger charge is -2.09. The molecule has 0 saturated carbocycles. The van der Waals surface area contributed by atoms with Crippen molar-refractivity contribution < 1.29 is 0 Å². The van der Waals surface area contributed by atoms with Gasteiger partial charge in [0, 0.05) is 36.7 Å². The summed E-state index contributed by atoms with van der Waals surface area (Å²) >= 11 is 0. The molecule has 0 fully saturated rings. The second-order valence-electron chi connectivity index (χ2n) is 5.83. The smallest absolute Gasteiger partial charge is 0.0955 e. The molecule has 0 aliphatic carbocycles. The Balaban J connectivity index is 1.59. The van der Waals surface area contributed by atoms with Gasteiger partial charge in [0.25, 0.3) is 0 Å². The predicted molar refractivity (Wildman–Crippen MR) is 90.1 cm³/mol. The number of hydrogen-bond donors (Lipinski definition) is 2. The molecule has 22 heavy (non-hydrogen) atoms.